The van der Waals surface area contributed by atoms with E-state index in [0.717, 1.165) is 6.42 Å². The lowest BCUT2D eigenvalue weighted by Crippen LogP contribution is -2.28. The van der Waals surface area contributed by atoms with Crippen LogP contribution in [0.2, 0.25) is 0 Å². The third-order valence-electron chi connectivity index (χ3n) is 10.4. The van der Waals surface area contributed by atoms with Gasteiger partial charge in [-0.1, -0.05) is 236 Å². The van der Waals surface area contributed by atoms with Crippen molar-refractivity contribution in [2.45, 2.75) is 80.6 Å². The van der Waals surface area contributed by atoms with E-state index < -0.39 is 0 Å². The van der Waals surface area contributed by atoms with Gasteiger partial charge in [0.1, 0.15) is 0 Å². The second-order valence-electron chi connectivity index (χ2n) is 14.0. The predicted octanol–water partition coefficient (Wildman–Crippen LogP) is 16.4. The minimum absolute atomic E-state index is 0.381. The van der Waals surface area contributed by atoms with Crippen molar-refractivity contribution in [3.8, 4) is 22.3 Å². The van der Waals surface area contributed by atoms with Gasteiger partial charge in [-0.15, -0.1) is 0 Å². The van der Waals surface area contributed by atoms with E-state index in [0.29, 0.717) is 0 Å². The van der Waals surface area contributed by atoms with Crippen molar-refractivity contribution in [1.82, 2.24) is 0 Å². The summed E-state index contributed by atoms with van der Waals surface area (Å²) in [6, 6.07) is 64.7. The highest BCUT2D eigenvalue weighted by molar-refractivity contribution is 5.98. The summed E-state index contributed by atoms with van der Waals surface area (Å²) < 4.78 is 0. The van der Waals surface area contributed by atoms with Crippen molar-refractivity contribution in [1.29, 1.82) is 0 Å². The van der Waals surface area contributed by atoms with E-state index in [1.807, 2.05) is 27.7 Å². The van der Waals surface area contributed by atoms with Crippen LogP contribution in [0.25, 0.3) is 43.8 Å². The van der Waals surface area contributed by atoms with E-state index in [9.17, 15) is 0 Å². The number of benzene rings is 8. The lowest BCUT2D eigenvalue weighted by molar-refractivity contribution is 0.768. The molecule has 8 aromatic carbocycles. The van der Waals surface area contributed by atoms with Gasteiger partial charge in [0.05, 0.1) is 5.41 Å². The van der Waals surface area contributed by atoms with Crippen LogP contribution in [0.15, 0.2) is 176 Å². The minimum atomic E-state index is -0.381. The maximum atomic E-state index is 2.46. The number of aryl methyl sites for hydroxylation is 3. The number of hydrogen-bond donors (Lipinski definition) is 0. The summed E-state index contributed by atoms with van der Waals surface area (Å²) >= 11 is 0. The van der Waals surface area contributed by atoms with Crippen LogP contribution in [0.3, 0.4) is 0 Å². The highest BCUT2D eigenvalue weighted by Gasteiger charge is 2.46. The molecule has 0 nitrogen and oxygen atoms in total. The standard InChI is InChI=1S/C37H28.C12H12.C3H8.2C2H6/c1-25-14-19-29(20-15-25)37(30-21-16-26(2)17-22-30)35-13-6-5-11-33(35)34-23-18-28(24-36(34)37)32-12-7-9-27-8-3-4-10-31(27)32;1-2-10-7-5-8-11-6-3-4-9-12(10)11;1-3-2;2*1-2/h3-24H,1-2H3;3-9H,2H2,1H3;3H2,1-2H3;2*1-2H3. The fraction of sp³-hybridized carbons (Fsp3) is 0.214. The van der Waals surface area contributed by atoms with Crippen molar-refractivity contribution < 1.29 is 0 Å². The summed E-state index contributed by atoms with van der Waals surface area (Å²) in [7, 11) is 0. The molecule has 0 unspecified atom stereocenters. The molecule has 284 valence electrons. The van der Waals surface area contributed by atoms with Gasteiger partial charge < -0.3 is 0 Å². The normalized spacial score (nSPS) is 11.6. The summed E-state index contributed by atoms with van der Waals surface area (Å²) in [6.45, 7) is 18.8. The molecule has 0 aromatic heterocycles. The summed E-state index contributed by atoms with van der Waals surface area (Å²) in [5.74, 6) is 0. The summed E-state index contributed by atoms with van der Waals surface area (Å²) in [5, 5.41) is 5.29. The van der Waals surface area contributed by atoms with Gasteiger partial charge in [-0.2, -0.15) is 0 Å². The first kappa shape index (κ1) is 41.4. The zero-order valence-electron chi connectivity index (χ0n) is 35.2. The Kier molecular flexibility index (Phi) is 14.6. The summed E-state index contributed by atoms with van der Waals surface area (Å²) in [5.41, 5.74) is 14.1. The van der Waals surface area contributed by atoms with Gasteiger partial charge in [0.25, 0.3) is 0 Å². The molecule has 8 aromatic rings. The monoisotopic (exact) mass is 732 g/mol. The molecule has 0 heterocycles. The Labute approximate surface area is 337 Å². The molecule has 0 fully saturated rings. The molecule has 0 spiro atoms. The molecule has 0 aliphatic heterocycles. The van der Waals surface area contributed by atoms with Crippen LogP contribution in [0, 0.1) is 13.8 Å². The topological polar surface area (TPSA) is 0 Å². The smallest absolute Gasteiger partial charge is 0.0683 e. The molecule has 9 rings (SSSR count). The largest absolute Gasteiger partial charge is 0.0713 e. The van der Waals surface area contributed by atoms with Crippen LogP contribution in [0.4, 0.5) is 0 Å². The van der Waals surface area contributed by atoms with Crippen LogP contribution >= 0.6 is 0 Å². The Morgan fingerprint density at radius 3 is 1.43 bits per heavy atom. The first-order valence-electron chi connectivity index (χ1n) is 20.8. The minimum Gasteiger partial charge on any atom is -0.0683 e. The highest BCUT2D eigenvalue weighted by atomic mass is 14.5. The summed E-state index contributed by atoms with van der Waals surface area (Å²) in [6.07, 6.45) is 2.36. The molecule has 0 atom stereocenters. The van der Waals surface area contributed by atoms with E-state index in [1.165, 1.54) is 89.2 Å². The van der Waals surface area contributed by atoms with Gasteiger partial charge in [-0.05, 0) is 98.0 Å². The average Bonchev–Trinajstić information content (AvgIpc) is 3.56. The predicted molar refractivity (Wildman–Crippen MR) is 248 cm³/mol. The van der Waals surface area contributed by atoms with Crippen LogP contribution in [-0.2, 0) is 11.8 Å². The van der Waals surface area contributed by atoms with Gasteiger partial charge in [-0.25, -0.2) is 0 Å². The van der Waals surface area contributed by atoms with E-state index in [2.05, 4.69) is 211 Å². The zero-order valence-corrected chi connectivity index (χ0v) is 35.2. The van der Waals surface area contributed by atoms with Crippen molar-refractivity contribution >= 4 is 21.5 Å². The van der Waals surface area contributed by atoms with E-state index >= 15 is 0 Å². The SMILES string of the molecule is CC.CC.CCC.CCc1cccc2ccccc12.Cc1ccc(C2(c3ccc(C)cc3)c3ccccc3-c3ccc(-c4cccc5ccccc45)cc32)cc1. The molecule has 1 aliphatic carbocycles. The first-order valence-corrected chi connectivity index (χ1v) is 20.8. The van der Waals surface area contributed by atoms with Gasteiger partial charge in [0.15, 0.2) is 0 Å². The third kappa shape index (κ3) is 8.26. The molecule has 56 heavy (non-hydrogen) atoms. The number of hydrogen-bond acceptors (Lipinski definition) is 0. The first-order chi connectivity index (χ1) is 27.5. The Morgan fingerprint density at radius 2 is 0.839 bits per heavy atom. The van der Waals surface area contributed by atoms with Crippen LogP contribution < -0.4 is 0 Å². The maximum Gasteiger partial charge on any atom is 0.0713 e. The second kappa shape index (κ2) is 19.7. The lowest BCUT2D eigenvalue weighted by Gasteiger charge is -2.34. The Bertz CT molecular complexity index is 2390. The van der Waals surface area contributed by atoms with Crippen LogP contribution in [0.5, 0.6) is 0 Å². The van der Waals surface area contributed by atoms with E-state index in [4.69, 9.17) is 0 Å². The Balaban J connectivity index is 0.000000263. The van der Waals surface area contributed by atoms with Gasteiger partial charge in [0, 0.05) is 0 Å². The molecule has 0 bridgehead atoms. The second-order valence-corrected chi connectivity index (χ2v) is 14.0. The third-order valence-corrected chi connectivity index (χ3v) is 10.4. The molecule has 0 heteroatoms. The van der Waals surface area contributed by atoms with Gasteiger partial charge >= 0.3 is 0 Å². The zero-order chi connectivity index (χ0) is 40.1. The van der Waals surface area contributed by atoms with Crippen LogP contribution in [-0.4, -0.2) is 0 Å². The number of rotatable bonds is 4. The fourth-order valence-electron chi connectivity index (χ4n) is 7.92. The molecule has 0 saturated heterocycles. The van der Waals surface area contributed by atoms with Crippen molar-refractivity contribution in [2.24, 2.45) is 0 Å². The molecule has 0 radical (unpaired) electrons. The quantitative estimate of drug-likeness (QED) is 0.169. The van der Waals surface area contributed by atoms with Crippen LogP contribution in [0.1, 0.15) is 93.8 Å². The lowest BCUT2D eigenvalue weighted by atomic mass is 9.67. The molecule has 0 N–H and O–H groups in total. The molecule has 0 saturated carbocycles. The Hall–Kier alpha value is -5.72. The molecule has 0 amide bonds. The molecular weight excluding hydrogens is 673 g/mol. The van der Waals surface area contributed by atoms with Crippen molar-refractivity contribution in [3.05, 3.63) is 215 Å². The number of fused-ring (bicyclic) bond motifs is 5. The molecule has 1 aliphatic rings. The average molecular weight is 733 g/mol. The summed E-state index contributed by atoms with van der Waals surface area (Å²) in [4.78, 5) is 0. The van der Waals surface area contributed by atoms with E-state index in [1.54, 1.807) is 0 Å². The van der Waals surface area contributed by atoms with Gasteiger partial charge in [0.2, 0.25) is 0 Å². The fourth-order valence-corrected chi connectivity index (χ4v) is 7.92. The highest BCUT2D eigenvalue weighted by Crippen LogP contribution is 2.56. The van der Waals surface area contributed by atoms with Crippen molar-refractivity contribution in [3.63, 3.8) is 0 Å². The van der Waals surface area contributed by atoms with Gasteiger partial charge in [-0.3, -0.25) is 0 Å². The maximum absolute atomic E-state index is 2.46. The molecular formula is C56H60. The van der Waals surface area contributed by atoms with Crippen molar-refractivity contribution in [2.75, 3.05) is 0 Å². The van der Waals surface area contributed by atoms with E-state index in [-0.39, 0.29) is 5.41 Å². The Morgan fingerprint density at radius 1 is 0.393 bits per heavy atom.